The number of benzene rings is 1. The van der Waals surface area contributed by atoms with Gasteiger partial charge in [0.15, 0.2) is 11.5 Å². The van der Waals surface area contributed by atoms with Gasteiger partial charge in [-0.3, -0.25) is 10.1 Å². The van der Waals surface area contributed by atoms with Crippen LogP contribution < -0.4 is 10.6 Å². The lowest BCUT2D eigenvalue weighted by molar-refractivity contribution is -0.123. The number of rotatable bonds is 1. The third-order valence-electron chi connectivity index (χ3n) is 2.90. The SMILES string of the molecule is CC(C)(C)NC1=NC(C)(c2ccccc2Cl)C(=O)N1. The maximum Gasteiger partial charge on any atom is 0.259 e. The Balaban J connectivity index is 2.39. The summed E-state index contributed by atoms with van der Waals surface area (Å²) < 4.78 is 0. The highest BCUT2D eigenvalue weighted by atomic mass is 35.5. The summed E-state index contributed by atoms with van der Waals surface area (Å²) in [6.07, 6.45) is 0. The normalized spacial score (nSPS) is 23.0. The lowest BCUT2D eigenvalue weighted by Gasteiger charge is -2.21. The molecule has 2 rings (SSSR count). The lowest BCUT2D eigenvalue weighted by atomic mass is 9.92. The first-order chi connectivity index (χ1) is 8.72. The molecule has 1 atom stereocenters. The Morgan fingerprint density at radius 1 is 1.32 bits per heavy atom. The molecule has 0 fully saturated rings. The third-order valence-corrected chi connectivity index (χ3v) is 3.23. The summed E-state index contributed by atoms with van der Waals surface area (Å²) in [6.45, 7) is 7.79. The van der Waals surface area contributed by atoms with Crippen LogP contribution in [0, 0.1) is 0 Å². The van der Waals surface area contributed by atoms with Crippen LogP contribution in [0.1, 0.15) is 33.3 Å². The van der Waals surface area contributed by atoms with Crippen molar-refractivity contribution in [1.29, 1.82) is 0 Å². The first-order valence-corrected chi connectivity index (χ1v) is 6.55. The fourth-order valence-electron chi connectivity index (χ4n) is 1.98. The van der Waals surface area contributed by atoms with Gasteiger partial charge in [-0.1, -0.05) is 29.8 Å². The van der Waals surface area contributed by atoms with Crippen LogP contribution in [0.25, 0.3) is 0 Å². The van der Waals surface area contributed by atoms with E-state index in [1.54, 1.807) is 13.0 Å². The van der Waals surface area contributed by atoms with Crippen molar-refractivity contribution >= 4 is 23.5 Å². The summed E-state index contributed by atoms with van der Waals surface area (Å²) in [6, 6.07) is 7.27. The van der Waals surface area contributed by atoms with E-state index in [1.165, 1.54) is 0 Å². The highest BCUT2D eigenvalue weighted by Gasteiger charge is 2.42. The highest BCUT2D eigenvalue weighted by molar-refractivity contribution is 6.32. The fourth-order valence-corrected chi connectivity index (χ4v) is 2.30. The number of guanidine groups is 1. The molecule has 1 amide bonds. The molecule has 1 unspecified atom stereocenters. The zero-order valence-electron chi connectivity index (χ0n) is 11.5. The van der Waals surface area contributed by atoms with Crippen molar-refractivity contribution in [2.45, 2.75) is 38.8 Å². The number of nitrogens with one attached hydrogen (secondary N) is 2. The Bertz CT molecular complexity index is 548. The number of hydrogen-bond acceptors (Lipinski definition) is 3. The molecule has 1 aromatic carbocycles. The number of halogens is 1. The van der Waals surface area contributed by atoms with Crippen molar-refractivity contribution in [3.05, 3.63) is 34.9 Å². The molecule has 1 aromatic rings. The maximum atomic E-state index is 12.2. The van der Waals surface area contributed by atoms with Crippen LogP contribution in [0.4, 0.5) is 0 Å². The van der Waals surface area contributed by atoms with Gasteiger partial charge in [0.25, 0.3) is 5.91 Å². The van der Waals surface area contributed by atoms with E-state index in [1.807, 2.05) is 39.0 Å². The molecule has 19 heavy (non-hydrogen) atoms. The number of hydrogen-bond donors (Lipinski definition) is 2. The Kier molecular flexibility index (Phi) is 3.31. The molecule has 0 aliphatic carbocycles. The molecule has 5 heteroatoms. The number of amides is 1. The highest BCUT2D eigenvalue weighted by Crippen LogP contribution is 2.33. The van der Waals surface area contributed by atoms with Crippen LogP contribution in [0.5, 0.6) is 0 Å². The van der Waals surface area contributed by atoms with Gasteiger partial charge in [0.1, 0.15) is 0 Å². The smallest absolute Gasteiger partial charge is 0.259 e. The second-order valence-corrected chi connectivity index (χ2v) is 6.25. The van der Waals surface area contributed by atoms with E-state index >= 15 is 0 Å². The molecular formula is C14H18ClN3O. The van der Waals surface area contributed by atoms with Gasteiger partial charge in [0.05, 0.1) is 0 Å². The zero-order valence-corrected chi connectivity index (χ0v) is 12.3. The van der Waals surface area contributed by atoms with Crippen molar-refractivity contribution in [2.24, 2.45) is 4.99 Å². The van der Waals surface area contributed by atoms with E-state index in [4.69, 9.17) is 11.6 Å². The molecule has 4 nitrogen and oxygen atoms in total. The molecule has 0 bridgehead atoms. The number of aliphatic imine (C=N–C) groups is 1. The molecule has 102 valence electrons. The predicted molar refractivity (Wildman–Crippen MR) is 77.3 cm³/mol. The minimum atomic E-state index is -0.980. The molecule has 0 saturated heterocycles. The second-order valence-electron chi connectivity index (χ2n) is 5.84. The van der Waals surface area contributed by atoms with Gasteiger partial charge < -0.3 is 5.32 Å². The van der Waals surface area contributed by atoms with E-state index in [-0.39, 0.29) is 11.4 Å². The molecule has 0 saturated carbocycles. The molecule has 1 heterocycles. The Morgan fingerprint density at radius 3 is 2.53 bits per heavy atom. The Hall–Kier alpha value is -1.55. The van der Waals surface area contributed by atoms with Gasteiger partial charge in [-0.05, 0) is 33.8 Å². The maximum absolute atomic E-state index is 12.2. The largest absolute Gasteiger partial charge is 0.351 e. The summed E-state index contributed by atoms with van der Waals surface area (Å²) in [7, 11) is 0. The van der Waals surface area contributed by atoms with E-state index < -0.39 is 5.54 Å². The average molecular weight is 280 g/mol. The van der Waals surface area contributed by atoms with Crippen molar-refractivity contribution < 1.29 is 4.79 Å². The Morgan fingerprint density at radius 2 is 1.95 bits per heavy atom. The second kappa shape index (κ2) is 4.53. The van der Waals surface area contributed by atoms with Crippen molar-refractivity contribution in [2.75, 3.05) is 0 Å². The minimum Gasteiger partial charge on any atom is -0.351 e. The number of carbonyl (C=O) groups excluding carboxylic acids is 1. The third kappa shape index (κ3) is 2.73. The first kappa shape index (κ1) is 13.9. The van der Waals surface area contributed by atoms with Crippen LogP contribution in [0.2, 0.25) is 5.02 Å². The van der Waals surface area contributed by atoms with E-state index in [2.05, 4.69) is 15.6 Å². The number of carbonyl (C=O) groups is 1. The monoisotopic (exact) mass is 279 g/mol. The van der Waals surface area contributed by atoms with Gasteiger partial charge in [0, 0.05) is 16.1 Å². The summed E-state index contributed by atoms with van der Waals surface area (Å²) in [5.41, 5.74) is -0.441. The molecular weight excluding hydrogens is 262 g/mol. The van der Waals surface area contributed by atoms with Gasteiger partial charge in [-0.25, -0.2) is 4.99 Å². The van der Waals surface area contributed by atoms with Gasteiger partial charge in [-0.2, -0.15) is 0 Å². The minimum absolute atomic E-state index is 0.169. The van der Waals surface area contributed by atoms with Crippen LogP contribution >= 0.6 is 11.6 Å². The van der Waals surface area contributed by atoms with E-state index in [0.29, 0.717) is 16.5 Å². The van der Waals surface area contributed by atoms with Gasteiger partial charge in [0.2, 0.25) is 0 Å². The predicted octanol–water partition coefficient (Wildman–Crippen LogP) is 2.43. The molecule has 1 aliphatic heterocycles. The summed E-state index contributed by atoms with van der Waals surface area (Å²) >= 11 is 6.17. The molecule has 0 aromatic heterocycles. The fraction of sp³-hybridized carbons (Fsp3) is 0.429. The van der Waals surface area contributed by atoms with Crippen LogP contribution in [-0.4, -0.2) is 17.4 Å². The molecule has 0 spiro atoms. The molecule has 2 N–H and O–H groups in total. The van der Waals surface area contributed by atoms with Crippen molar-refractivity contribution in [3.8, 4) is 0 Å². The standard InChI is InChI=1S/C14H18ClN3O/c1-13(2,3)17-12-16-11(19)14(4,18-12)9-7-5-6-8-10(9)15/h5-8H,1-4H3,(H2,16,17,18,19). The van der Waals surface area contributed by atoms with Crippen molar-refractivity contribution in [3.63, 3.8) is 0 Å². The number of nitrogens with zero attached hydrogens (tertiary/aromatic N) is 1. The summed E-state index contributed by atoms with van der Waals surface area (Å²) in [4.78, 5) is 16.7. The lowest BCUT2D eigenvalue weighted by Crippen LogP contribution is -2.47. The van der Waals surface area contributed by atoms with Crippen molar-refractivity contribution in [1.82, 2.24) is 10.6 Å². The topological polar surface area (TPSA) is 53.5 Å². The van der Waals surface area contributed by atoms with Crippen LogP contribution in [0.15, 0.2) is 29.3 Å². The average Bonchev–Trinajstić information content (AvgIpc) is 2.52. The van der Waals surface area contributed by atoms with Crippen LogP contribution in [0.3, 0.4) is 0 Å². The molecule has 0 radical (unpaired) electrons. The van der Waals surface area contributed by atoms with E-state index in [0.717, 1.165) is 0 Å². The molecule has 1 aliphatic rings. The summed E-state index contributed by atoms with van der Waals surface area (Å²) in [5, 5.41) is 6.48. The quantitative estimate of drug-likeness (QED) is 0.830. The Labute approximate surface area is 118 Å². The first-order valence-electron chi connectivity index (χ1n) is 6.17. The van der Waals surface area contributed by atoms with Crippen LogP contribution in [-0.2, 0) is 10.3 Å². The van der Waals surface area contributed by atoms with Gasteiger partial charge >= 0.3 is 0 Å². The summed E-state index contributed by atoms with van der Waals surface area (Å²) in [5.74, 6) is 0.312. The zero-order chi connectivity index (χ0) is 14.3. The van der Waals surface area contributed by atoms with Gasteiger partial charge in [-0.15, -0.1) is 0 Å². The van der Waals surface area contributed by atoms with E-state index in [9.17, 15) is 4.79 Å².